The number of carbonyl (C=O) groups excluding carboxylic acids is 2. The third kappa shape index (κ3) is 9.07. The first kappa shape index (κ1) is 30.2. The average Bonchev–Trinajstić information content (AvgIpc) is 2.86. The number of nitrogens with one attached hydrogen (secondary N) is 1. The van der Waals surface area contributed by atoms with Crippen LogP contribution in [-0.4, -0.2) is 57.6 Å². The van der Waals surface area contributed by atoms with E-state index in [9.17, 15) is 18.0 Å². The highest BCUT2D eigenvalue weighted by molar-refractivity contribution is 7.92. The second-order valence-corrected chi connectivity index (χ2v) is 11.1. The standard InChI is InChI=1S/C28H41N3O5S/c1-6-8-18-29-28(33)25(7-2)30(21-23-14-11-15-24(20-23)36-4)27(32)17-12-19-31(37(5,34)35)26-16-10-9-13-22(26)3/h9-11,13-16,20,25H,6-8,12,17-19,21H2,1-5H3,(H,29,33)/t25-/m0/s1. The number of hydrogen-bond acceptors (Lipinski definition) is 5. The molecule has 1 N–H and O–H groups in total. The molecule has 0 aliphatic rings. The fourth-order valence-corrected chi connectivity index (χ4v) is 5.24. The molecule has 0 saturated heterocycles. The van der Waals surface area contributed by atoms with E-state index >= 15 is 0 Å². The number of amides is 2. The molecule has 0 radical (unpaired) electrons. The summed E-state index contributed by atoms with van der Waals surface area (Å²) in [5, 5.41) is 2.96. The van der Waals surface area contributed by atoms with E-state index in [0.29, 0.717) is 30.8 Å². The van der Waals surface area contributed by atoms with Gasteiger partial charge in [-0.2, -0.15) is 0 Å². The second kappa shape index (κ2) is 14.6. The summed E-state index contributed by atoms with van der Waals surface area (Å²) in [4.78, 5) is 28.2. The molecule has 0 aliphatic carbocycles. The molecule has 0 aliphatic heterocycles. The van der Waals surface area contributed by atoms with Gasteiger partial charge in [0.1, 0.15) is 11.8 Å². The van der Waals surface area contributed by atoms with Crippen LogP contribution in [0.4, 0.5) is 5.69 Å². The maximum Gasteiger partial charge on any atom is 0.242 e. The Morgan fingerprint density at radius 2 is 1.78 bits per heavy atom. The van der Waals surface area contributed by atoms with Gasteiger partial charge in [0.2, 0.25) is 21.8 Å². The van der Waals surface area contributed by atoms with E-state index in [1.54, 1.807) is 24.1 Å². The van der Waals surface area contributed by atoms with Gasteiger partial charge in [-0.15, -0.1) is 0 Å². The number of ether oxygens (including phenoxy) is 1. The molecule has 0 spiro atoms. The first-order chi connectivity index (χ1) is 17.6. The van der Waals surface area contributed by atoms with Gasteiger partial charge in [0.05, 0.1) is 19.1 Å². The summed E-state index contributed by atoms with van der Waals surface area (Å²) in [5.74, 6) is 0.302. The van der Waals surface area contributed by atoms with Crippen molar-refractivity contribution in [1.29, 1.82) is 0 Å². The summed E-state index contributed by atoms with van der Waals surface area (Å²) in [6.45, 7) is 6.79. The molecule has 0 aromatic heterocycles. The largest absolute Gasteiger partial charge is 0.497 e. The van der Waals surface area contributed by atoms with Gasteiger partial charge in [-0.05, 0) is 55.5 Å². The Morgan fingerprint density at radius 3 is 2.41 bits per heavy atom. The van der Waals surface area contributed by atoms with Crippen molar-refractivity contribution in [3.8, 4) is 5.75 Å². The van der Waals surface area contributed by atoms with Crippen LogP contribution in [0.25, 0.3) is 0 Å². The summed E-state index contributed by atoms with van der Waals surface area (Å²) in [6, 6.07) is 14.1. The van der Waals surface area contributed by atoms with Crippen LogP contribution in [0.5, 0.6) is 5.75 Å². The molecule has 204 valence electrons. The van der Waals surface area contributed by atoms with Crippen LogP contribution in [0.3, 0.4) is 0 Å². The van der Waals surface area contributed by atoms with Crippen molar-refractivity contribution in [2.75, 3.05) is 30.8 Å². The Balaban J connectivity index is 2.23. The lowest BCUT2D eigenvalue weighted by atomic mass is 10.1. The second-order valence-electron chi connectivity index (χ2n) is 9.17. The van der Waals surface area contributed by atoms with E-state index in [1.807, 2.05) is 50.2 Å². The van der Waals surface area contributed by atoms with E-state index in [2.05, 4.69) is 12.2 Å². The van der Waals surface area contributed by atoms with Gasteiger partial charge in [-0.1, -0.05) is 50.6 Å². The molecule has 37 heavy (non-hydrogen) atoms. The number of sulfonamides is 1. The molecular weight excluding hydrogens is 490 g/mol. The highest BCUT2D eigenvalue weighted by atomic mass is 32.2. The summed E-state index contributed by atoms with van der Waals surface area (Å²) >= 11 is 0. The first-order valence-corrected chi connectivity index (χ1v) is 14.7. The van der Waals surface area contributed by atoms with E-state index in [-0.39, 0.29) is 31.3 Å². The molecule has 2 rings (SSSR count). The molecule has 0 fully saturated rings. The number of para-hydroxylation sites is 1. The van der Waals surface area contributed by atoms with Crippen molar-refractivity contribution < 1.29 is 22.7 Å². The van der Waals surface area contributed by atoms with Gasteiger partial charge in [0.25, 0.3) is 0 Å². The molecule has 1 atom stereocenters. The van der Waals surface area contributed by atoms with E-state index in [1.165, 1.54) is 10.6 Å². The lowest BCUT2D eigenvalue weighted by Gasteiger charge is -2.31. The predicted octanol–water partition coefficient (Wildman–Crippen LogP) is 4.27. The normalized spacial score (nSPS) is 12.0. The molecule has 0 unspecified atom stereocenters. The van der Waals surface area contributed by atoms with Gasteiger partial charge < -0.3 is 15.0 Å². The van der Waals surface area contributed by atoms with Crippen molar-refractivity contribution in [3.63, 3.8) is 0 Å². The predicted molar refractivity (Wildman–Crippen MR) is 148 cm³/mol. The number of nitrogens with zero attached hydrogens (tertiary/aromatic N) is 2. The molecular formula is C28H41N3O5S. The summed E-state index contributed by atoms with van der Waals surface area (Å²) in [6.07, 6.45) is 3.90. The van der Waals surface area contributed by atoms with Crippen molar-refractivity contribution in [3.05, 3.63) is 59.7 Å². The Kier molecular flexibility index (Phi) is 11.9. The van der Waals surface area contributed by atoms with Crippen LogP contribution >= 0.6 is 0 Å². The highest BCUT2D eigenvalue weighted by Gasteiger charge is 2.29. The molecule has 0 heterocycles. The fourth-order valence-electron chi connectivity index (χ4n) is 4.22. The van der Waals surface area contributed by atoms with Crippen molar-refractivity contribution >= 4 is 27.5 Å². The molecule has 0 saturated carbocycles. The third-order valence-electron chi connectivity index (χ3n) is 6.24. The maximum absolute atomic E-state index is 13.5. The lowest BCUT2D eigenvalue weighted by Crippen LogP contribution is -2.49. The Labute approximate surface area is 222 Å². The zero-order valence-electron chi connectivity index (χ0n) is 22.7. The molecule has 0 bridgehead atoms. The minimum atomic E-state index is -3.53. The zero-order valence-corrected chi connectivity index (χ0v) is 23.5. The fraction of sp³-hybridized carbons (Fsp3) is 0.500. The number of unbranched alkanes of at least 4 members (excludes halogenated alkanes) is 1. The number of methoxy groups -OCH3 is 1. The minimum absolute atomic E-state index is 0.112. The van der Waals surface area contributed by atoms with E-state index < -0.39 is 16.1 Å². The van der Waals surface area contributed by atoms with Crippen LogP contribution in [0.2, 0.25) is 0 Å². The van der Waals surface area contributed by atoms with Crippen LogP contribution in [0.1, 0.15) is 57.1 Å². The Morgan fingerprint density at radius 1 is 1.05 bits per heavy atom. The Bertz CT molecular complexity index is 1140. The number of carbonyl (C=O) groups is 2. The van der Waals surface area contributed by atoms with Gasteiger partial charge >= 0.3 is 0 Å². The Hall–Kier alpha value is -3.07. The van der Waals surface area contributed by atoms with Crippen LogP contribution in [0.15, 0.2) is 48.5 Å². The zero-order chi connectivity index (χ0) is 27.4. The third-order valence-corrected chi connectivity index (χ3v) is 7.42. The van der Waals surface area contributed by atoms with E-state index in [4.69, 9.17) is 4.74 Å². The van der Waals surface area contributed by atoms with Gasteiger partial charge in [0.15, 0.2) is 0 Å². The first-order valence-electron chi connectivity index (χ1n) is 12.9. The quantitative estimate of drug-likeness (QED) is 0.346. The summed E-state index contributed by atoms with van der Waals surface area (Å²) in [7, 11) is -1.95. The molecule has 8 nitrogen and oxygen atoms in total. The highest BCUT2D eigenvalue weighted by Crippen LogP contribution is 2.23. The number of hydrogen-bond donors (Lipinski definition) is 1. The van der Waals surface area contributed by atoms with Crippen LogP contribution < -0.4 is 14.4 Å². The number of aryl methyl sites for hydroxylation is 1. The van der Waals surface area contributed by atoms with Crippen molar-refractivity contribution in [2.24, 2.45) is 0 Å². The smallest absolute Gasteiger partial charge is 0.242 e. The summed E-state index contributed by atoms with van der Waals surface area (Å²) in [5.41, 5.74) is 2.30. The van der Waals surface area contributed by atoms with Crippen LogP contribution in [-0.2, 0) is 26.2 Å². The topological polar surface area (TPSA) is 96.0 Å². The molecule has 9 heteroatoms. The number of rotatable bonds is 15. The van der Waals surface area contributed by atoms with E-state index in [0.717, 1.165) is 24.0 Å². The molecule has 2 aromatic carbocycles. The average molecular weight is 532 g/mol. The maximum atomic E-state index is 13.5. The number of anilines is 1. The minimum Gasteiger partial charge on any atom is -0.497 e. The molecule has 2 aromatic rings. The van der Waals surface area contributed by atoms with Gasteiger partial charge in [-0.25, -0.2) is 8.42 Å². The van der Waals surface area contributed by atoms with Gasteiger partial charge in [0, 0.05) is 26.1 Å². The molecule has 2 amide bonds. The van der Waals surface area contributed by atoms with Crippen molar-refractivity contribution in [1.82, 2.24) is 10.2 Å². The van der Waals surface area contributed by atoms with Crippen molar-refractivity contribution in [2.45, 2.75) is 65.5 Å². The summed E-state index contributed by atoms with van der Waals surface area (Å²) < 4.78 is 31.7. The van der Waals surface area contributed by atoms with Crippen LogP contribution in [0, 0.1) is 6.92 Å². The SMILES string of the molecule is CCCCNC(=O)[C@H](CC)N(Cc1cccc(OC)c1)C(=O)CCCN(c1ccccc1C)S(C)(=O)=O. The van der Waals surface area contributed by atoms with Gasteiger partial charge in [-0.3, -0.25) is 13.9 Å². The number of benzene rings is 2. The monoisotopic (exact) mass is 531 g/mol. The lowest BCUT2D eigenvalue weighted by molar-refractivity contribution is -0.141.